The van der Waals surface area contributed by atoms with E-state index < -0.39 is 6.10 Å². The molecule has 0 aliphatic carbocycles. The molecule has 1 rings (SSSR count). The van der Waals surface area contributed by atoms with E-state index in [2.05, 4.69) is 5.32 Å². The molecule has 2 unspecified atom stereocenters. The summed E-state index contributed by atoms with van der Waals surface area (Å²) in [5.74, 6) is -0.324. The molecule has 3 N–H and O–H groups in total. The van der Waals surface area contributed by atoms with Gasteiger partial charge in [-0.2, -0.15) is 0 Å². The van der Waals surface area contributed by atoms with E-state index in [1.807, 2.05) is 0 Å². The fourth-order valence-electron chi connectivity index (χ4n) is 0.996. The highest BCUT2D eigenvalue weighted by Gasteiger charge is 2.26. The quantitative estimate of drug-likeness (QED) is 0.419. The predicted octanol–water partition coefficient (Wildman–Crippen LogP) is -1.52. The fraction of sp³-hybridized carbons (Fsp3) is 0.833. The number of amides is 1. The van der Waals surface area contributed by atoms with Gasteiger partial charge in [-0.15, -0.1) is 0 Å². The number of aliphatic hydroxyl groups is 2. The van der Waals surface area contributed by atoms with Gasteiger partial charge in [0.2, 0.25) is 5.91 Å². The summed E-state index contributed by atoms with van der Waals surface area (Å²) in [4.78, 5) is 10.6. The number of aliphatic hydroxyl groups excluding tert-OH is 2. The minimum absolute atomic E-state index is 0.0680. The maximum atomic E-state index is 10.6. The molecule has 1 saturated heterocycles. The lowest BCUT2D eigenvalue weighted by molar-refractivity contribution is -0.127. The van der Waals surface area contributed by atoms with E-state index in [0.717, 1.165) is 0 Å². The maximum absolute atomic E-state index is 10.6. The van der Waals surface area contributed by atoms with Crippen LogP contribution >= 0.6 is 0 Å². The molecule has 2 atom stereocenters. The molecule has 0 bridgehead atoms. The zero-order valence-corrected chi connectivity index (χ0v) is 5.58. The predicted molar refractivity (Wildman–Crippen MR) is 34.2 cm³/mol. The first kappa shape index (κ1) is 7.50. The van der Waals surface area contributed by atoms with Crippen LogP contribution in [0.3, 0.4) is 0 Å². The van der Waals surface area contributed by atoms with E-state index in [9.17, 15) is 4.79 Å². The number of nitrogens with one attached hydrogen (secondary N) is 1. The van der Waals surface area contributed by atoms with Gasteiger partial charge in [0.15, 0.2) is 0 Å². The highest BCUT2D eigenvalue weighted by Crippen LogP contribution is 2.10. The molecule has 0 saturated carbocycles. The molecule has 0 radical (unpaired) electrons. The highest BCUT2D eigenvalue weighted by molar-refractivity contribution is 5.77. The molecule has 0 aromatic rings. The normalized spacial score (nSPS) is 33.6. The van der Waals surface area contributed by atoms with Crippen LogP contribution < -0.4 is 5.32 Å². The van der Waals surface area contributed by atoms with Gasteiger partial charge in [-0.3, -0.25) is 4.79 Å². The molecule has 1 amide bonds. The zero-order chi connectivity index (χ0) is 7.56. The third-order valence-electron chi connectivity index (χ3n) is 1.73. The van der Waals surface area contributed by atoms with E-state index in [4.69, 9.17) is 10.2 Å². The van der Waals surface area contributed by atoms with Gasteiger partial charge in [0.05, 0.1) is 19.1 Å². The van der Waals surface area contributed by atoms with Gasteiger partial charge in [0.1, 0.15) is 0 Å². The Morgan fingerprint density at radius 2 is 2.40 bits per heavy atom. The number of carbonyl (C=O) groups is 1. The molecule has 1 fully saturated rings. The van der Waals surface area contributed by atoms with E-state index in [1.165, 1.54) is 0 Å². The van der Waals surface area contributed by atoms with Crippen LogP contribution in [-0.4, -0.2) is 35.4 Å². The van der Waals surface area contributed by atoms with Crippen molar-refractivity contribution in [2.24, 2.45) is 5.92 Å². The minimum Gasteiger partial charge on any atom is -0.396 e. The van der Waals surface area contributed by atoms with Crippen LogP contribution in [0, 0.1) is 5.92 Å². The Balaban J connectivity index is 2.43. The molecule has 1 aliphatic rings. The number of carbonyl (C=O) groups excluding carboxylic acids is 1. The number of hydrogen-bond acceptors (Lipinski definition) is 3. The Hall–Kier alpha value is -0.610. The van der Waals surface area contributed by atoms with Crippen LogP contribution in [0.1, 0.15) is 6.42 Å². The van der Waals surface area contributed by atoms with Gasteiger partial charge in [-0.25, -0.2) is 0 Å². The number of piperidine rings is 1. The van der Waals surface area contributed by atoms with Crippen LogP contribution in [0.2, 0.25) is 0 Å². The van der Waals surface area contributed by atoms with Crippen molar-refractivity contribution in [1.82, 2.24) is 5.32 Å². The Morgan fingerprint density at radius 3 is 2.90 bits per heavy atom. The first-order chi connectivity index (χ1) is 4.74. The van der Waals surface area contributed by atoms with Crippen LogP contribution in [0.4, 0.5) is 0 Å². The van der Waals surface area contributed by atoms with E-state index in [1.54, 1.807) is 0 Å². The second kappa shape index (κ2) is 2.98. The second-order valence-electron chi connectivity index (χ2n) is 2.52. The van der Waals surface area contributed by atoms with Crippen molar-refractivity contribution in [2.45, 2.75) is 12.5 Å². The second-order valence-corrected chi connectivity index (χ2v) is 2.52. The molecule has 0 aromatic heterocycles. The maximum Gasteiger partial charge on any atom is 0.222 e. The summed E-state index contributed by atoms with van der Waals surface area (Å²) in [6, 6.07) is 0. The van der Waals surface area contributed by atoms with E-state index >= 15 is 0 Å². The Kier molecular flexibility index (Phi) is 2.24. The van der Waals surface area contributed by atoms with Crippen molar-refractivity contribution >= 4 is 5.91 Å². The zero-order valence-electron chi connectivity index (χ0n) is 5.58. The molecule has 1 aliphatic heterocycles. The lowest BCUT2D eigenvalue weighted by atomic mass is 9.97. The van der Waals surface area contributed by atoms with Crippen LogP contribution in [0.25, 0.3) is 0 Å². The Morgan fingerprint density at radius 1 is 1.70 bits per heavy atom. The first-order valence-electron chi connectivity index (χ1n) is 3.29. The van der Waals surface area contributed by atoms with Crippen molar-refractivity contribution in [1.29, 1.82) is 0 Å². The number of hydrogen-bond donors (Lipinski definition) is 3. The van der Waals surface area contributed by atoms with Crippen molar-refractivity contribution < 1.29 is 15.0 Å². The fourth-order valence-corrected chi connectivity index (χ4v) is 0.996. The van der Waals surface area contributed by atoms with Gasteiger partial charge >= 0.3 is 0 Å². The molecule has 1 heterocycles. The third kappa shape index (κ3) is 1.46. The lowest BCUT2D eigenvalue weighted by Crippen LogP contribution is -2.45. The molecule has 58 valence electrons. The van der Waals surface area contributed by atoms with Crippen LogP contribution in [0.15, 0.2) is 0 Å². The van der Waals surface area contributed by atoms with Gasteiger partial charge in [-0.05, 0) is 0 Å². The number of rotatable bonds is 1. The molecule has 0 aromatic carbocycles. The summed E-state index contributed by atoms with van der Waals surface area (Å²) in [5, 5.41) is 20.3. The monoisotopic (exact) mass is 145 g/mol. The average molecular weight is 145 g/mol. The highest BCUT2D eigenvalue weighted by atomic mass is 16.3. The third-order valence-corrected chi connectivity index (χ3v) is 1.73. The lowest BCUT2D eigenvalue weighted by Gasteiger charge is -2.25. The van der Waals surface area contributed by atoms with Gasteiger partial charge in [0, 0.05) is 12.5 Å². The SMILES string of the molecule is O=C1CC(O)C(CO)CN1. The summed E-state index contributed by atoms with van der Waals surface area (Å²) >= 11 is 0. The molecule has 4 nitrogen and oxygen atoms in total. The van der Waals surface area contributed by atoms with Crippen molar-refractivity contribution in [3.8, 4) is 0 Å². The standard InChI is InChI=1S/C6H11NO3/c8-3-4-2-7-6(10)1-5(4)9/h4-5,8-9H,1-3H2,(H,7,10). The van der Waals surface area contributed by atoms with E-state index in [-0.39, 0.29) is 24.9 Å². The smallest absolute Gasteiger partial charge is 0.222 e. The van der Waals surface area contributed by atoms with Crippen LogP contribution in [0.5, 0.6) is 0 Å². The van der Waals surface area contributed by atoms with Crippen molar-refractivity contribution in [2.75, 3.05) is 13.2 Å². The van der Waals surface area contributed by atoms with Gasteiger partial charge in [-0.1, -0.05) is 0 Å². The molecular weight excluding hydrogens is 134 g/mol. The molecule has 0 spiro atoms. The Bertz CT molecular complexity index is 137. The summed E-state index contributed by atoms with van der Waals surface area (Å²) < 4.78 is 0. The Labute approximate surface area is 58.9 Å². The molecule has 4 heteroatoms. The topological polar surface area (TPSA) is 69.6 Å². The van der Waals surface area contributed by atoms with Gasteiger partial charge < -0.3 is 15.5 Å². The summed E-state index contributed by atoms with van der Waals surface area (Å²) in [5.41, 5.74) is 0. The van der Waals surface area contributed by atoms with Crippen molar-refractivity contribution in [3.63, 3.8) is 0 Å². The minimum atomic E-state index is -0.668. The molecule has 10 heavy (non-hydrogen) atoms. The summed E-state index contributed by atoms with van der Waals surface area (Å²) in [6.07, 6.45) is -0.552. The summed E-state index contributed by atoms with van der Waals surface area (Å²) in [6.45, 7) is 0.317. The largest absolute Gasteiger partial charge is 0.396 e. The van der Waals surface area contributed by atoms with Crippen molar-refractivity contribution in [3.05, 3.63) is 0 Å². The van der Waals surface area contributed by atoms with E-state index in [0.29, 0.717) is 6.54 Å². The van der Waals surface area contributed by atoms with Gasteiger partial charge in [0.25, 0.3) is 0 Å². The molecular formula is C6H11NO3. The van der Waals surface area contributed by atoms with Crippen LogP contribution in [-0.2, 0) is 4.79 Å². The summed E-state index contributed by atoms with van der Waals surface area (Å²) in [7, 11) is 0. The average Bonchev–Trinajstić information content (AvgIpc) is 1.88. The first-order valence-corrected chi connectivity index (χ1v) is 3.29.